The zero-order chi connectivity index (χ0) is 32.7. The minimum atomic E-state index is -0.541. The molecule has 256 valence electrons. The summed E-state index contributed by atoms with van der Waals surface area (Å²) in [6.07, 6.45) is 0. The summed E-state index contributed by atoms with van der Waals surface area (Å²) in [5, 5.41) is 0. The molecule has 4 heterocycles. The van der Waals surface area contributed by atoms with Gasteiger partial charge < -0.3 is 56.8 Å². The summed E-state index contributed by atoms with van der Waals surface area (Å²) < 4.78 is 65.9. The second-order valence-corrected chi connectivity index (χ2v) is 9.37. The molecule has 46 heavy (non-hydrogen) atoms. The number of hydrogen-bond donors (Lipinski definition) is 0. The molecule has 0 amide bonds. The first-order chi connectivity index (χ1) is 22.6. The summed E-state index contributed by atoms with van der Waals surface area (Å²) in [6, 6.07) is 9.86. The number of esters is 2. The van der Waals surface area contributed by atoms with Crippen molar-refractivity contribution in [2.45, 2.75) is 0 Å². The molecule has 14 nitrogen and oxygen atoms in total. The van der Waals surface area contributed by atoms with Crippen molar-refractivity contribution in [2.75, 3.05) is 120 Å². The molecule has 6 rings (SSSR count). The van der Waals surface area contributed by atoms with Gasteiger partial charge in [0.1, 0.15) is 60.6 Å². The third-order valence-electron chi connectivity index (χ3n) is 6.16. The average Bonchev–Trinajstić information content (AvgIpc) is 3.08. The van der Waals surface area contributed by atoms with Crippen LogP contribution in [0.5, 0.6) is 23.0 Å². The molecule has 4 aliphatic heterocycles. The predicted octanol–water partition coefficient (Wildman–Crippen LogP) is 2.59. The second-order valence-electron chi connectivity index (χ2n) is 9.37. The van der Waals surface area contributed by atoms with E-state index < -0.39 is 11.9 Å². The van der Waals surface area contributed by atoms with E-state index in [1.165, 1.54) is 14.2 Å². The number of ether oxygens (including phenoxy) is 12. The lowest BCUT2D eigenvalue weighted by Gasteiger charge is -2.14. The molecule has 0 atom stereocenters. The first kappa shape index (κ1) is 36.8. The maximum absolute atomic E-state index is 12.3. The van der Waals surface area contributed by atoms with E-state index in [1.807, 2.05) is 0 Å². The summed E-state index contributed by atoms with van der Waals surface area (Å²) >= 11 is 0. The fourth-order valence-electron chi connectivity index (χ4n) is 3.93. The Bertz CT molecular complexity index is 1070. The van der Waals surface area contributed by atoms with Crippen LogP contribution in [0.4, 0.5) is 0 Å². The largest absolute Gasteiger partial charge is 0.491 e. The van der Waals surface area contributed by atoms with Gasteiger partial charge in [-0.15, -0.1) is 0 Å². The van der Waals surface area contributed by atoms with Crippen molar-refractivity contribution in [1.29, 1.82) is 0 Å². The van der Waals surface area contributed by atoms with Crippen molar-refractivity contribution in [2.24, 2.45) is 0 Å². The van der Waals surface area contributed by atoms with Crippen LogP contribution in [0.15, 0.2) is 36.4 Å². The smallest absolute Gasteiger partial charge is 0.341 e. The van der Waals surface area contributed by atoms with E-state index >= 15 is 0 Å². The number of carbonyl (C=O) groups excluding carboxylic acids is 2. The highest BCUT2D eigenvalue weighted by atomic mass is 16.6. The van der Waals surface area contributed by atoms with E-state index in [9.17, 15) is 9.59 Å². The van der Waals surface area contributed by atoms with E-state index in [0.29, 0.717) is 102 Å². The summed E-state index contributed by atoms with van der Waals surface area (Å²) in [6.45, 7) is 5.31. The molecule has 0 spiro atoms. The van der Waals surface area contributed by atoms with Crippen molar-refractivity contribution >= 4 is 11.9 Å². The minimum absolute atomic E-state index is 0.225. The zero-order valence-corrected chi connectivity index (χ0v) is 26.5. The fraction of sp³-hybridized carbons (Fsp3) is 0.562. The summed E-state index contributed by atoms with van der Waals surface area (Å²) in [5.74, 6) is 0.609. The maximum atomic E-state index is 12.3. The summed E-state index contributed by atoms with van der Waals surface area (Å²) in [7, 11) is 2.60. The minimum Gasteiger partial charge on any atom is -0.491 e. The van der Waals surface area contributed by atoms with E-state index in [1.54, 1.807) is 36.4 Å². The average molecular weight is 653 g/mol. The molecule has 4 bridgehead atoms. The molecule has 0 aliphatic carbocycles. The molecular formula is C32H44O14. The van der Waals surface area contributed by atoms with Crippen LogP contribution in [-0.2, 0) is 37.9 Å². The Morgan fingerprint density at radius 2 is 0.717 bits per heavy atom. The van der Waals surface area contributed by atoms with Gasteiger partial charge in [0.2, 0.25) is 0 Å². The van der Waals surface area contributed by atoms with E-state index in [2.05, 4.69) is 0 Å². The standard InChI is InChI=1S/C32H44O14/c1-35-31(33)27-23-25-3-5-29(27)45-21-17-41-13-9-38-10-14-42-18-22-46-30-6-4-26(24-28(30)32(34)36-2)44-20-16-40-12-8-37-7-11-39-15-19-43-25/h3-6,23-24H,7-22H2,1-2H3. The number of hydrogen-bond acceptors (Lipinski definition) is 14. The van der Waals surface area contributed by atoms with Crippen molar-refractivity contribution in [3.8, 4) is 23.0 Å². The second kappa shape index (κ2) is 22.8. The van der Waals surface area contributed by atoms with Crippen LogP contribution in [0.25, 0.3) is 0 Å². The molecule has 0 saturated heterocycles. The van der Waals surface area contributed by atoms with Gasteiger partial charge in [-0.3, -0.25) is 0 Å². The topological polar surface area (TPSA) is 145 Å². The Kier molecular flexibility index (Phi) is 18.2. The Labute approximate surface area is 268 Å². The van der Waals surface area contributed by atoms with E-state index in [4.69, 9.17) is 56.8 Å². The van der Waals surface area contributed by atoms with Crippen molar-refractivity contribution < 1.29 is 66.4 Å². The first-order valence-corrected chi connectivity index (χ1v) is 15.0. The molecule has 2 aromatic carbocycles. The van der Waals surface area contributed by atoms with Crippen LogP contribution >= 0.6 is 0 Å². The molecular weight excluding hydrogens is 608 g/mol. The fourth-order valence-corrected chi connectivity index (χ4v) is 3.93. The van der Waals surface area contributed by atoms with Crippen LogP contribution in [-0.4, -0.2) is 132 Å². The molecule has 0 fully saturated rings. The van der Waals surface area contributed by atoms with Gasteiger partial charge in [-0.05, 0) is 36.4 Å². The Balaban J connectivity index is 1.47. The van der Waals surface area contributed by atoms with Gasteiger partial charge in [-0.1, -0.05) is 0 Å². The molecule has 14 heteroatoms. The Hall–Kier alpha value is -3.66. The Morgan fingerprint density at radius 3 is 1.02 bits per heavy atom. The van der Waals surface area contributed by atoms with Crippen LogP contribution in [0.2, 0.25) is 0 Å². The highest BCUT2D eigenvalue weighted by molar-refractivity contribution is 5.93. The van der Waals surface area contributed by atoms with Gasteiger partial charge in [0.05, 0.1) is 93.5 Å². The molecule has 2 aromatic rings. The van der Waals surface area contributed by atoms with Crippen LogP contribution in [0, 0.1) is 0 Å². The van der Waals surface area contributed by atoms with Gasteiger partial charge in [0, 0.05) is 0 Å². The van der Waals surface area contributed by atoms with Gasteiger partial charge in [-0.25, -0.2) is 9.59 Å². The summed E-state index contributed by atoms with van der Waals surface area (Å²) in [4.78, 5) is 24.6. The third kappa shape index (κ3) is 14.2. The van der Waals surface area contributed by atoms with Crippen molar-refractivity contribution in [1.82, 2.24) is 0 Å². The van der Waals surface area contributed by atoms with Crippen molar-refractivity contribution in [3.63, 3.8) is 0 Å². The van der Waals surface area contributed by atoms with Gasteiger partial charge >= 0.3 is 11.9 Å². The maximum Gasteiger partial charge on any atom is 0.341 e. The number of rotatable bonds is 2. The molecule has 0 unspecified atom stereocenters. The SMILES string of the molecule is COC(=O)c1cc2ccc1OCCOCCOCCOCCOc1ccc(cc1C(=O)OC)OCCOCCOCCOCCO2. The lowest BCUT2D eigenvalue weighted by atomic mass is 10.2. The lowest BCUT2D eigenvalue weighted by molar-refractivity contribution is 0.00454. The predicted molar refractivity (Wildman–Crippen MR) is 162 cm³/mol. The van der Waals surface area contributed by atoms with E-state index in [-0.39, 0.29) is 37.6 Å². The summed E-state index contributed by atoms with van der Waals surface area (Å²) in [5.41, 5.74) is 0.492. The monoisotopic (exact) mass is 652 g/mol. The van der Waals surface area contributed by atoms with E-state index in [0.717, 1.165) is 0 Å². The van der Waals surface area contributed by atoms with Crippen LogP contribution in [0.3, 0.4) is 0 Å². The number of benzene rings is 2. The molecule has 0 aromatic heterocycles. The van der Waals surface area contributed by atoms with Gasteiger partial charge in [-0.2, -0.15) is 0 Å². The van der Waals surface area contributed by atoms with Gasteiger partial charge in [0.15, 0.2) is 0 Å². The third-order valence-corrected chi connectivity index (χ3v) is 6.16. The lowest BCUT2D eigenvalue weighted by Crippen LogP contribution is -2.16. The van der Waals surface area contributed by atoms with Gasteiger partial charge in [0.25, 0.3) is 0 Å². The normalized spacial score (nSPS) is 17.6. The van der Waals surface area contributed by atoms with Crippen molar-refractivity contribution in [3.05, 3.63) is 47.5 Å². The quantitative estimate of drug-likeness (QED) is 0.438. The first-order valence-electron chi connectivity index (χ1n) is 15.0. The van der Waals surface area contributed by atoms with Crippen LogP contribution in [0.1, 0.15) is 20.7 Å². The molecule has 0 radical (unpaired) electrons. The molecule has 0 N–H and O–H groups in total. The zero-order valence-electron chi connectivity index (χ0n) is 26.5. The van der Waals surface area contributed by atoms with Crippen LogP contribution < -0.4 is 18.9 Å². The Morgan fingerprint density at radius 1 is 0.435 bits per heavy atom. The molecule has 0 saturated carbocycles. The number of carbonyl (C=O) groups is 2. The highest BCUT2D eigenvalue weighted by Gasteiger charge is 2.16. The highest BCUT2D eigenvalue weighted by Crippen LogP contribution is 2.26. The number of methoxy groups -OCH3 is 2. The molecule has 4 aliphatic rings.